The quantitative estimate of drug-likeness (QED) is 0.566. The number of halogens is 2. The summed E-state index contributed by atoms with van der Waals surface area (Å²) in [5.74, 6) is -0.0371. The van der Waals surface area contributed by atoms with Gasteiger partial charge in [-0.2, -0.15) is 5.26 Å². The summed E-state index contributed by atoms with van der Waals surface area (Å²) >= 11 is 6.53. The third kappa shape index (κ3) is 4.01. The van der Waals surface area contributed by atoms with Gasteiger partial charge in [-0.05, 0) is 41.5 Å². The van der Waals surface area contributed by atoms with Crippen molar-refractivity contribution in [2.75, 3.05) is 7.11 Å². The molecule has 1 atom stereocenters. The first-order chi connectivity index (χ1) is 15.4. The predicted molar refractivity (Wildman–Crippen MR) is 116 cm³/mol. The van der Waals surface area contributed by atoms with Gasteiger partial charge in [0.15, 0.2) is 11.5 Å². The number of nitrogens with two attached hydrogens (primary N) is 1. The van der Waals surface area contributed by atoms with Gasteiger partial charge >= 0.3 is 0 Å². The largest absolute Gasteiger partial charge is 0.508 e. The molecule has 8 heteroatoms. The highest BCUT2D eigenvalue weighted by molar-refractivity contribution is 6.32. The van der Waals surface area contributed by atoms with Gasteiger partial charge in [-0.25, -0.2) is 4.39 Å². The van der Waals surface area contributed by atoms with Gasteiger partial charge in [0.05, 0.1) is 18.1 Å². The summed E-state index contributed by atoms with van der Waals surface area (Å²) in [5.41, 5.74) is 8.08. The van der Waals surface area contributed by atoms with E-state index in [2.05, 4.69) is 6.07 Å². The number of benzene rings is 3. The van der Waals surface area contributed by atoms with E-state index in [9.17, 15) is 14.8 Å². The van der Waals surface area contributed by atoms with E-state index in [-0.39, 0.29) is 40.4 Å². The van der Waals surface area contributed by atoms with E-state index in [0.29, 0.717) is 28.2 Å². The van der Waals surface area contributed by atoms with Crippen LogP contribution in [-0.4, -0.2) is 12.2 Å². The number of hydrogen-bond acceptors (Lipinski definition) is 6. The zero-order valence-corrected chi connectivity index (χ0v) is 17.7. The molecule has 162 valence electrons. The van der Waals surface area contributed by atoms with Crippen LogP contribution in [-0.2, 0) is 6.61 Å². The molecule has 0 amide bonds. The predicted octanol–water partition coefficient (Wildman–Crippen LogP) is 4.99. The highest BCUT2D eigenvalue weighted by Gasteiger charge is 2.32. The summed E-state index contributed by atoms with van der Waals surface area (Å²) in [6.45, 7) is 0.0862. The van der Waals surface area contributed by atoms with Crippen molar-refractivity contribution in [1.29, 1.82) is 5.26 Å². The summed E-state index contributed by atoms with van der Waals surface area (Å²) in [4.78, 5) is 0. The molecule has 0 aliphatic carbocycles. The summed E-state index contributed by atoms with van der Waals surface area (Å²) in [5, 5.41) is 19.8. The van der Waals surface area contributed by atoms with Gasteiger partial charge < -0.3 is 25.1 Å². The summed E-state index contributed by atoms with van der Waals surface area (Å²) in [6.07, 6.45) is 0. The lowest BCUT2D eigenvalue weighted by atomic mass is 9.83. The Bertz CT molecular complexity index is 1270. The Morgan fingerprint density at radius 2 is 2.03 bits per heavy atom. The van der Waals surface area contributed by atoms with E-state index in [4.69, 9.17) is 31.5 Å². The van der Waals surface area contributed by atoms with Crippen LogP contribution in [0.2, 0.25) is 5.02 Å². The van der Waals surface area contributed by atoms with Crippen molar-refractivity contribution in [3.63, 3.8) is 0 Å². The molecule has 32 heavy (non-hydrogen) atoms. The Labute approximate surface area is 188 Å². The van der Waals surface area contributed by atoms with Gasteiger partial charge in [0, 0.05) is 11.6 Å². The zero-order chi connectivity index (χ0) is 22.8. The molecule has 0 saturated heterocycles. The number of ether oxygens (including phenoxy) is 3. The fourth-order valence-electron chi connectivity index (χ4n) is 3.62. The molecule has 0 spiro atoms. The van der Waals surface area contributed by atoms with Gasteiger partial charge in [0.1, 0.15) is 35.6 Å². The molecular formula is C24H18ClFN2O4. The highest BCUT2D eigenvalue weighted by Crippen LogP contribution is 2.47. The van der Waals surface area contributed by atoms with Crippen molar-refractivity contribution >= 4 is 11.6 Å². The van der Waals surface area contributed by atoms with Crippen LogP contribution in [0.5, 0.6) is 23.0 Å². The van der Waals surface area contributed by atoms with Crippen molar-refractivity contribution in [1.82, 2.24) is 0 Å². The molecule has 0 aromatic heterocycles. The standard InChI is InChI=1S/C24H18ClFN2O4/c1-30-21-9-14(8-19(25)23(21)31-12-13-3-2-4-15(26)7-13)22-17-6-5-16(29)10-20(17)32-24(28)18(22)11-27/h2-10,22,29H,12,28H2,1H3/t22-/m1/s1. The average molecular weight is 453 g/mol. The van der Waals surface area contributed by atoms with Crippen molar-refractivity contribution in [3.8, 4) is 29.1 Å². The number of hydrogen-bond donors (Lipinski definition) is 2. The maximum atomic E-state index is 13.5. The number of rotatable bonds is 5. The second-order valence-corrected chi connectivity index (χ2v) is 7.51. The Balaban J connectivity index is 1.75. The molecule has 3 aromatic carbocycles. The van der Waals surface area contributed by atoms with E-state index < -0.39 is 5.92 Å². The molecule has 6 nitrogen and oxygen atoms in total. The Morgan fingerprint density at radius 3 is 2.75 bits per heavy atom. The van der Waals surface area contributed by atoms with Crippen LogP contribution in [0.25, 0.3) is 0 Å². The summed E-state index contributed by atoms with van der Waals surface area (Å²) in [7, 11) is 1.47. The minimum atomic E-state index is -0.590. The molecule has 3 N–H and O–H groups in total. The van der Waals surface area contributed by atoms with Gasteiger partial charge in [-0.1, -0.05) is 29.8 Å². The average Bonchev–Trinajstić information content (AvgIpc) is 2.76. The van der Waals surface area contributed by atoms with Gasteiger partial charge in [-0.3, -0.25) is 0 Å². The first-order valence-electron chi connectivity index (χ1n) is 9.56. The van der Waals surface area contributed by atoms with Gasteiger partial charge in [0.2, 0.25) is 5.88 Å². The molecule has 0 bridgehead atoms. The maximum absolute atomic E-state index is 13.5. The number of fused-ring (bicyclic) bond motifs is 1. The van der Waals surface area contributed by atoms with Crippen molar-refractivity contribution in [3.05, 3.63) is 93.6 Å². The molecule has 3 aromatic rings. The van der Waals surface area contributed by atoms with Crippen LogP contribution < -0.4 is 19.9 Å². The topological polar surface area (TPSA) is 97.7 Å². The lowest BCUT2D eigenvalue weighted by Crippen LogP contribution is -2.21. The maximum Gasteiger partial charge on any atom is 0.205 e. The Hall–Kier alpha value is -3.89. The first kappa shape index (κ1) is 21.3. The van der Waals surface area contributed by atoms with Crippen molar-refractivity contribution < 1.29 is 23.7 Å². The molecule has 0 fully saturated rings. The fraction of sp³-hybridized carbons (Fsp3) is 0.125. The normalized spacial score (nSPS) is 14.9. The summed E-state index contributed by atoms with van der Waals surface area (Å²) in [6, 6.07) is 16.1. The van der Waals surface area contributed by atoms with Crippen LogP contribution in [0.4, 0.5) is 4.39 Å². The zero-order valence-electron chi connectivity index (χ0n) is 16.9. The molecule has 1 aliphatic rings. The molecule has 0 saturated carbocycles. The van der Waals surface area contributed by atoms with E-state index in [0.717, 1.165) is 0 Å². The molecular weight excluding hydrogens is 435 g/mol. The van der Waals surface area contributed by atoms with Crippen LogP contribution in [0.15, 0.2) is 66.1 Å². The monoisotopic (exact) mass is 452 g/mol. The number of aromatic hydroxyl groups is 1. The lowest BCUT2D eigenvalue weighted by molar-refractivity contribution is 0.284. The second kappa shape index (κ2) is 8.69. The van der Waals surface area contributed by atoms with Gasteiger partial charge in [-0.15, -0.1) is 0 Å². The lowest BCUT2D eigenvalue weighted by Gasteiger charge is -2.27. The smallest absolute Gasteiger partial charge is 0.205 e. The van der Waals surface area contributed by atoms with Crippen LogP contribution in [0.1, 0.15) is 22.6 Å². The SMILES string of the molecule is COc1cc([C@H]2C(C#N)=C(N)Oc3cc(O)ccc32)cc(Cl)c1OCc1cccc(F)c1. The molecule has 0 unspecified atom stereocenters. The second-order valence-electron chi connectivity index (χ2n) is 7.10. The number of phenolic OH excluding ortho intramolecular Hbond substituents is 1. The van der Waals surface area contributed by atoms with Crippen LogP contribution >= 0.6 is 11.6 Å². The van der Waals surface area contributed by atoms with Crippen LogP contribution in [0.3, 0.4) is 0 Å². The number of nitrogens with zero attached hydrogens (tertiary/aromatic N) is 1. The Kier molecular flexibility index (Phi) is 5.80. The molecule has 1 aliphatic heterocycles. The van der Waals surface area contributed by atoms with Crippen molar-refractivity contribution in [2.45, 2.75) is 12.5 Å². The van der Waals surface area contributed by atoms with E-state index in [1.54, 1.807) is 30.3 Å². The van der Waals surface area contributed by atoms with E-state index >= 15 is 0 Å². The van der Waals surface area contributed by atoms with E-state index in [1.807, 2.05) is 0 Å². The van der Waals surface area contributed by atoms with Gasteiger partial charge in [0.25, 0.3) is 0 Å². The first-order valence-corrected chi connectivity index (χ1v) is 9.94. The van der Waals surface area contributed by atoms with Crippen LogP contribution in [0, 0.1) is 17.1 Å². The highest BCUT2D eigenvalue weighted by atomic mass is 35.5. The van der Waals surface area contributed by atoms with Crippen molar-refractivity contribution in [2.24, 2.45) is 5.73 Å². The van der Waals surface area contributed by atoms with E-state index in [1.165, 1.54) is 31.4 Å². The Morgan fingerprint density at radius 1 is 1.22 bits per heavy atom. The molecule has 0 radical (unpaired) electrons. The fourth-order valence-corrected chi connectivity index (χ4v) is 3.89. The number of phenols is 1. The summed E-state index contributed by atoms with van der Waals surface area (Å²) < 4.78 is 30.3. The third-order valence-electron chi connectivity index (χ3n) is 5.06. The minimum absolute atomic E-state index is 0.00687. The third-order valence-corrected chi connectivity index (χ3v) is 5.34. The molecule has 1 heterocycles. The minimum Gasteiger partial charge on any atom is -0.508 e. The number of allylic oxidation sites excluding steroid dienone is 1. The molecule has 4 rings (SSSR count). The number of nitriles is 1. The number of methoxy groups -OCH3 is 1.